The van der Waals surface area contributed by atoms with Crippen molar-refractivity contribution in [2.75, 3.05) is 25.0 Å². The van der Waals surface area contributed by atoms with Crippen molar-refractivity contribution in [1.29, 1.82) is 0 Å². The van der Waals surface area contributed by atoms with E-state index in [-0.39, 0.29) is 11.8 Å². The van der Waals surface area contributed by atoms with Gasteiger partial charge in [-0.05, 0) is 30.7 Å². The molecule has 1 aromatic carbocycles. The van der Waals surface area contributed by atoms with Crippen LogP contribution in [-0.2, 0) is 9.59 Å². The second-order valence-electron chi connectivity index (χ2n) is 5.07. The Morgan fingerprint density at radius 3 is 2.29 bits per heavy atom. The number of hydrogen-bond donors (Lipinski definition) is 0. The van der Waals surface area contributed by atoms with E-state index in [1.54, 1.807) is 41.1 Å². The third-order valence-electron chi connectivity index (χ3n) is 3.34. The van der Waals surface area contributed by atoms with Crippen molar-refractivity contribution in [1.82, 2.24) is 4.90 Å². The smallest absolute Gasteiger partial charge is 0.224 e. The molecular weight excluding hydrogens is 288 g/mol. The molecule has 0 spiro atoms. The standard InChI is InChI=1S/C16H23ClN2O2/c1-4-5-11-18(3)16(21)10-12-19(13(2)20)15-8-6-14(17)7-9-15/h6-9H,4-5,10-12H2,1-3H3. The first-order chi connectivity index (χ1) is 9.95. The summed E-state index contributed by atoms with van der Waals surface area (Å²) in [5.41, 5.74) is 0.760. The Labute approximate surface area is 131 Å². The third kappa shape index (κ3) is 5.76. The van der Waals surface area contributed by atoms with Gasteiger partial charge in [0.2, 0.25) is 11.8 Å². The van der Waals surface area contributed by atoms with Crippen molar-refractivity contribution in [2.45, 2.75) is 33.1 Å². The van der Waals surface area contributed by atoms with Gasteiger partial charge < -0.3 is 9.80 Å². The van der Waals surface area contributed by atoms with E-state index in [1.807, 2.05) is 0 Å². The maximum Gasteiger partial charge on any atom is 0.224 e. The van der Waals surface area contributed by atoms with Gasteiger partial charge in [0.1, 0.15) is 0 Å². The molecule has 2 amide bonds. The minimum atomic E-state index is -0.0821. The van der Waals surface area contributed by atoms with Crippen molar-refractivity contribution < 1.29 is 9.59 Å². The molecule has 0 N–H and O–H groups in total. The Bertz CT molecular complexity index is 474. The molecule has 21 heavy (non-hydrogen) atoms. The van der Waals surface area contributed by atoms with Gasteiger partial charge in [0, 0.05) is 44.2 Å². The second-order valence-corrected chi connectivity index (χ2v) is 5.50. The van der Waals surface area contributed by atoms with Crippen LogP contribution in [-0.4, -0.2) is 36.9 Å². The van der Waals surface area contributed by atoms with Crippen LogP contribution < -0.4 is 4.90 Å². The second kappa shape index (κ2) is 8.67. The highest BCUT2D eigenvalue weighted by molar-refractivity contribution is 6.30. The largest absolute Gasteiger partial charge is 0.346 e. The Kier molecular flexibility index (Phi) is 7.23. The normalized spacial score (nSPS) is 10.3. The summed E-state index contributed by atoms with van der Waals surface area (Å²) >= 11 is 5.85. The maximum atomic E-state index is 12.0. The molecule has 0 radical (unpaired) electrons. The Morgan fingerprint density at radius 2 is 1.76 bits per heavy atom. The molecule has 0 atom stereocenters. The molecule has 0 aliphatic carbocycles. The van der Waals surface area contributed by atoms with Crippen LogP contribution in [0.15, 0.2) is 24.3 Å². The fourth-order valence-electron chi connectivity index (χ4n) is 2.01. The molecule has 4 nitrogen and oxygen atoms in total. The minimum Gasteiger partial charge on any atom is -0.346 e. The van der Waals surface area contributed by atoms with E-state index in [2.05, 4.69) is 6.92 Å². The van der Waals surface area contributed by atoms with Crippen LogP contribution in [0.5, 0.6) is 0 Å². The van der Waals surface area contributed by atoms with Crippen molar-refractivity contribution in [3.63, 3.8) is 0 Å². The lowest BCUT2D eigenvalue weighted by Gasteiger charge is -2.23. The van der Waals surface area contributed by atoms with E-state index in [4.69, 9.17) is 11.6 Å². The molecule has 0 aliphatic heterocycles. The number of carbonyl (C=O) groups is 2. The number of halogens is 1. The number of anilines is 1. The fraction of sp³-hybridized carbons (Fsp3) is 0.500. The summed E-state index contributed by atoms with van der Waals surface area (Å²) in [6.45, 7) is 4.73. The Hall–Kier alpha value is -1.55. The zero-order chi connectivity index (χ0) is 15.8. The van der Waals surface area contributed by atoms with Crippen LogP contribution in [0.1, 0.15) is 33.1 Å². The number of carbonyl (C=O) groups excluding carboxylic acids is 2. The van der Waals surface area contributed by atoms with Crippen LogP contribution in [0, 0.1) is 0 Å². The summed E-state index contributed by atoms with van der Waals surface area (Å²) in [6.07, 6.45) is 2.38. The molecule has 0 unspecified atom stereocenters. The lowest BCUT2D eigenvalue weighted by atomic mass is 10.2. The van der Waals surface area contributed by atoms with Crippen molar-refractivity contribution >= 4 is 29.1 Å². The van der Waals surface area contributed by atoms with Gasteiger partial charge in [-0.1, -0.05) is 24.9 Å². The lowest BCUT2D eigenvalue weighted by molar-refractivity contribution is -0.129. The Morgan fingerprint density at radius 1 is 1.14 bits per heavy atom. The topological polar surface area (TPSA) is 40.6 Å². The summed E-state index contributed by atoms with van der Waals surface area (Å²) < 4.78 is 0. The van der Waals surface area contributed by atoms with Gasteiger partial charge >= 0.3 is 0 Å². The van der Waals surface area contributed by atoms with E-state index in [0.29, 0.717) is 18.0 Å². The van der Waals surface area contributed by atoms with E-state index in [9.17, 15) is 9.59 Å². The molecule has 1 aromatic rings. The van der Waals surface area contributed by atoms with Crippen LogP contribution in [0.4, 0.5) is 5.69 Å². The van der Waals surface area contributed by atoms with E-state index in [1.165, 1.54) is 6.92 Å². The molecular formula is C16H23ClN2O2. The predicted molar refractivity (Wildman–Crippen MR) is 86.6 cm³/mol. The van der Waals surface area contributed by atoms with Crippen molar-refractivity contribution in [3.8, 4) is 0 Å². The zero-order valence-corrected chi connectivity index (χ0v) is 13.7. The average Bonchev–Trinajstić information content (AvgIpc) is 2.46. The van der Waals surface area contributed by atoms with Crippen LogP contribution in [0.3, 0.4) is 0 Å². The quantitative estimate of drug-likeness (QED) is 0.775. The van der Waals surface area contributed by atoms with Gasteiger partial charge in [0.25, 0.3) is 0 Å². The first-order valence-electron chi connectivity index (χ1n) is 7.23. The number of rotatable bonds is 7. The highest BCUT2D eigenvalue weighted by Crippen LogP contribution is 2.18. The van der Waals surface area contributed by atoms with Gasteiger partial charge in [0.15, 0.2) is 0 Å². The molecule has 5 heteroatoms. The van der Waals surface area contributed by atoms with E-state index < -0.39 is 0 Å². The molecule has 0 saturated carbocycles. The fourth-order valence-corrected chi connectivity index (χ4v) is 2.13. The van der Waals surface area contributed by atoms with Gasteiger partial charge in [0.05, 0.1) is 0 Å². The van der Waals surface area contributed by atoms with Gasteiger partial charge in [-0.3, -0.25) is 9.59 Å². The molecule has 116 valence electrons. The molecule has 1 rings (SSSR count). The van der Waals surface area contributed by atoms with Gasteiger partial charge in [-0.2, -0.15) is 0 Å². The molecule has 0 aliphatic rings. The van der Waals surface area contributed by atoms with Gasteiger partial charge in [-0.15, -0.1) is 0 Å². The molecule has 0 fully saturated rings. The first-order valence-corrected chi connectivity index (χ1v) is 7.61. The molecule has 0 heterocycles. The SMILES string of the molecule is CCCCN(C)C(=O)CCN(C(C)=O)c1ccc(Cl)cc1. The summed E-state index contributed by atoms with van der Waals surface area (Å²) in [4.78, 5) is 27.1. The number of unbranched alkanes of at least 4 members (excludes halogenated alkanes) is 1. The third-order valence-corrected chi connectivity index (χ3v) is 3.59. The average molecular weight is 311 g/mol. The number of nitrogens with zero attached hydrogens (tertiary/aromatic N) is 2. The van der Waals surface area contributed by atoms with Gasteiger partial charge in [-0.25, -0.2) is 0 Å². The van der Waals surface area contributed by atoms with Crippen molar-refractivity contribution in [2.24, 2.45) is 0 Å². The first kappa shape index (κ1) is 17.5. The predicted octanol–water partition coefficient (Wildman–Crippen LogP) is 3.34. The van der Waals surface area contributed by atoms with E-state index in [0.717, 1.165) is 25.1 Å². The van der Waals surface area contributed by atoms with Crippen LogP contribution >= 0.6 is 11.6 Å². The monoisotopic (exact) mass is 310 g/mol. The molecule has 0 aromatic heterocycles. The maximum absolute atomic E-state index is 12.0. The summed E-state index contributed by atoms with van der Waals surface area (Å²) in [5.74, 6) is -0.0232. The Balaban J connectivity index is 2.62. The van der Waals surface area contributed by atoms with Crippen molar-refractivity contribution in [3.05, 3.63) is 29.3 Å². The summed E-state index contributed by atoms with van der Waals surface area (Å²) in [5, 5.41) is 0.623. The summed E-state index contributed by atoms with van der Waals surface area (Å²) in [6, 6.07) is 7.05. The highest BCUT2D eigenvalue weighted by atomic mass is 35.5. The van der Waals surface area contributed by atoms with Crippen LogP contribution in [0.25, 0.3) is 0 Å². The number of benzene rings is 1. The molecule has 0 bridgehead atoms. The highest BCUT2D eigenvalue weighted by Gasteiger charge is 2.15. The zero-order valence-electron chi connectivity index (χ0n) is 12.9. The van der Waals surface area contributed by atoms with Crippen LogP contribution in [0.2, 0.25) is 5.02 Å². The molecule has 0 saturated heterocycles. The number of hydrogen-bond acceptors (Lipinski definition) is 2. The van der Waals surface area contributed by atoms with E-state index >= 15 is 0 Å². The number of amides is 2. The minimum absolute atomic E-state index is 0.0589. The summed E-state index contributed by atoms with van der Waals surface area (Å²) in [7, 11) is 1.80. The lowest BCUT2D eigenvalue weighted by Crippen LogP contribution is -2.35.